The molecule has 1 amide bonds. The Bertz CT molecular complexity index is 294. The molecule has 0 atom stereocenters. The summed E-state index contributed by atoms with van der Waals surface area (Å²) in [5.74, 6) is 0.233. The molecule has 0 aromatic carbocycles. The normalized spacial score (nSPS) is 21.6. The first kappa shape index (κ1) is 17.5. The Morgan fingerprint density at radius 3 is 2.15 bits per heavy atom. The molecule has 3 nitrogen and oxygen atoms in total. The van der Waals surface area contributed by atoms with Crippen molar-refractivity contribution in [2.75, 3.05) is 6.54 Å². The highest BCUT2D eigenvalue weighted by Crippen LogP contribution is 2.45. The molecule has 20 heavy (non-hydrogen) atoms. The molecule has 0 unspecified atom stereocenters. The van der Waals surface area contributed by atoms with Gasteiger partial charge in [-0.05, 0) is 49.5 Å². The maximum atomic E-state index is 12.0. The smallest absolute Gasteiger partial charge is 0.220 e. The number of carbonyl (C=O) groups excluding carboxylic acids is 1. The van der Waals surface area contributed by atoms with Crippen LogP contribution in [0.2, 0.25) is 0 Å². The number of carbonyl (C=O) groups is 1. The predicted octanol–water partition coefficient (Wildman–Crippen LogP) is 3.62. The van der Waals surface area contributed by atoms with E-state index in [2.05, 4.69) is 33.0 Å². The summed E-state index contributed by atoms with van der Waals surface area (Å²) < 4.78 is 0. The molecule has 1 aliphatic carbocycles. The van der Waals surface area contributed by atoms with E-state index in [1.807, 2.05) is 0 Å². The van der Waals surface area contributed by atoms with E-state index in [-0.39, 0.29) is 5.91 Å². The molecule has 3 N–H and O–H groups in total. The van der Waals surface area contributed by atoms with E-state index in [9.17, 15) is 4.79 Å². The molecule has 1 rings (SSSR count). The minimum atomic E-state index is 0.233. The van der Waals surface area contributed by atoms with Gasteiger partial charge in [-0.3, -0.25) is 4.79 Å². The van der Waals surface area contributed by atoms with Gasteiger partial charge >= 0.3 is 0 Å². The van der Waals surface area contributed by atoms with E-state index >= 15 is 0 Å². The van der Waals surface area contributed by atoms with Crippen LogP contribution in [0.15, 0.2) is 0 Å². The highest BCUT2D eigenvalue weighted by Gasteiger charge is 2.38. The first-order valence-electron chi connectivity index (χ1n) is 8.24. The zero-order valence-corrected chi connectivity index (χ0v) is 13.9. The van der Waals surface area contributed by atoms with Crippen LogP contribution in [0.4, 0.5) is 0 Å². The first-order chi connectivity index (χ1) is 9.24. The monoisotopic (exact) mass is 282 g/mol. The van der Waals surface area contributed by atoms with Gasteiger partial charge in [-0.15, -0.1) is 0 Å². The van der Waals surface area contributed by atoms with Gasteiger partial charge in [0.1, 0.15) is 0 Å². The minimum Gasteiger partial charge on any atom is -0.353 e. The number of unbranched alkanes of at least 4 members (excludes halogenated alkanes) is 3. The number of nitrogens with two attached hydrogens (primary N) is 1. The second-order valence-corrected chi connectivity index (χ2v) is 8.13. The first-order valence-corrected chi connectivity index (χ1v) is 8.24. The largest absolute Gasteiger partial charge is 0.353 e. The lowest BCUT2D eigenvalue weighted by Crippen LogP contribution is -2.45. The predicted molar refractivity (Wildman–Crippen MR) is 85.5 cm³/mol. The third-order valence-electron chi connectivity index (χ3n) is 4.28. The van der Waals surface area contributed by atoms with Gasteiger partial charge in [-0.2, -0.15) is 0 Å². The Morgan fingerprint density at radius 2 is 1.60 bits per heavy atom. The van der Waals surface area contributed by atoms with E-state index in [1.54, 1.807) is 0 Å². The molecule has 0 aromatic heterocycles. The molecule has 0 heterocycles. The zero-order chi connectivity index (χ0) is 15.2. The molecule has 1 fully saturated rings. The summed E-state index contributed by atoms with van der Waals surface area (Å²) in [5, 5.41) is 3.26. The lowest BCUT2D eigenvalue weighted by Gasteiger charge is -2.45. The third-order valence-corrected chi connectivity index (χ3v) is 4.28. The van der Waals surface area contributed by atoms with Gasteiger partial charge in [0.25, 0.3) is 0 Å². The Balaban J connectivity index is 2.30. The van der Waals surface area contributed by atoms with Crippen molar-refractivity contribution in [1.29, 1.82) is 0 Å². The van der Waals surface area contributed by atoms with Crippen molar-refractivity contribution in [2.24, 2.45) is 16.6 Å². The molecular formula is C17H34N2O. The van der Waals surface area contributed by atoms with Crippen molar-refractivity contribution >= 4 is 5.91 Å². The number of hydrogen-bond acceptors (Lipinski definition) is 2. The van der Waals surface area contributed by atoms with Crippen LogP contribution in [-0.2, 0) is 4.79 Å². The second-order valence-electron chi connectivity index (χ2n) is 8.13. The minimum absolute atomic E-state index is 0.233. The molecule has 1 saturated carbocycles. The molecule has 0 aliphatic heterocycles. The molecule has 0 saturated heterocycles. The van der Waals surface area contributed by atoms with Crippen LogP contribution < -0.4 is 11.1 Å². The summed E-state index contributed by atoms with van der Waals surface area (Å²) in [6.45, 7) is 10.0. The molecule has 0 bridgehead atoms. The maximum absolute atomic E-state index is 12.0. The van der Waals surface area contributed by atoms with Crippen LogP contribution >= 0.6 is 0 Å². The highest BCUT2D eigenvalue weighted by molar-refractivity contribution is 5.76. The molecule has 1 aliphatic rings. The Morgan fingerprint density at radius 1 is 1.05 bits per heavy atom. The van der Waals surface area contributed by atoms with Crippen LogP contribution in [0.5, 0.6) is 0 Å². The summed E-state index contributed by atoms with van der Waals surface area (Å²) in [6.07, 6.45) is 8.45. The van der Waals surface area contributed by atoms with Crippen molar-refractivity contribution in [3.05, 3.63) is 0 Å². The molecule has 0 spiro atoms. The topological polar surface area (TPSA) is 55.1 Å². The standard InChI is InChI=1S/C17H34N2O/c1-16(2)11-14(12-17(3,4)13-16)19-15(20)9-7-5-6-8-10-18/h14H,5-13,18H2,1-4H3,(H,19,20). The Hall–Kier alpha value is -0.570. The molecule has 118 valence electrons. The highest BCUT2D eigenvalue weighted by atomic mass is 16.1. The Kier molecular flexibility index (Phi) is 6.50. The van der Waals surface area contributed by atoms with Crippen LogP contribution in [0, 0.1) is 10.8 Å². The molecular weight excluding hydrogens is 248 g/mol. The van der Waals surface area contributed by atoms with Crippen molar-refractivity contribution in [3.63, 3.8) is 0 Å². The molecule has 0 radical (unpaired) electrons. The summed E-state index contributed by atoms with van der Waals surface area (Å²) >= 11 is 0. The van der Waals surface area contributed by atoms with Gasteiger partial charge < -0.3 is 11.1 Å². The van der Waals surface area contributed by atoms with E-state index in [0.29, 0.717) is 23.3 Å². The van der Waals surface area contributed by atoms with E-state index in [4.69, 9.17) is 5.73 Å². The number of hydrogen-bond donors (Lipinski definition) is 2. The fourth-order valence-corrected chi connectivity index (χ4v) is 4.03. The maximum Gasteiger partial charge on any atom is 0.220 e. The quantitative estimate of drug-likeness (QED) is 0.701. The SMILES string of the molecule is CC1(C)CC(NC(=O)CCCCCCN)CC(C)(C)C1. The van der Waals surface area contributed by atoms with Crippen molar-refractivity contribution in [2.45, 2.75) is 85.1 Å². The van der Waals surface area contributed by atoms with Crippen molar-refractivity contribution in [3.8, 4) is 0 Å². The fraction of sp³-hybridized carbons (Fsp3) is 0.941. The van der Waals surface area contributed by atoms with Gasteiger partial charge in [-0.25, -0.2) is 0 Å². The van der Waals surface area contributed by atoms with Crippen LogP contribution in [0.3, 0.4) is 0 Å². The number of rotatable bonds is 7. The molecule has 0 aromatic rings. The average Bonchev–Trinajstić information content (AvgIpc) is 2.24. The second kappa shape index (κ2) is 7.44. The van der Waals surface area contributed by atoms with Crippen molar-refractivity contribution in [1.82, 2.24) is 5.32 Å². The molecule has 3 heteroatoms. The van der Waals surface area contributed by atoms with E-state index in [1.165, 1.54) is 6.42 Å². The van der Waals surface area contributed by atoms with Gasteiger partial charge in [0.15, 0.2) is 0 Å². The summed E-state index contributed by atoms with van der Waals surface area (Å²) in [6, 6.07) is 0.352. The lowest BCUT2D eigenvalue weighted by molar-refractivity contribution is -0.122. The third kappa shape index (κ3) is 6.74. The number of amides is 1. The van der Waals surface area contributed by atoms with Gasteiger partial charge in [0.05, 0.1) is 0 Å². The van der Waals surface area contributed by atoms with Crippen LogP contribution in [0.25, 0.3) is 0 Å². The summed E-state index contributed by atoms with van der Waals surface area (Å²) in [4.78, 5) is 12.0. The van der Waals surface area contributed by atoms with Gasteiger partial charge in [-0.1, -0.05) is 40.5 Å². The van der Waals surface area contributed by atoms with E-state index in [0.717, 1.165) is 45.1 Å². The van der Waals surface area contributed by atoms with Gasteiger partial charge in [0.2, 0.25) is 5.91 Å². The van der Waals surface area contributed by atoms with Crippen LogP contribution in [0.1, 0.15) is 79.1 Å². The fourth-order valence-electron chi connectivity index (χ4n) is 4.03. The summed E-state index contributed by atoms with van der Waals surface area (Å²) in [5.41, 5.74) is 6.13. The lowest BCUT2D eigenvalue weighted by atomic mass is 9.63. The zero-order valence-electron chi connectivity index (χ0n) is 13.9. The van der Waals surface area contributed by atoms with Gasteiger partial charge in [0, 0.05) is 12.5 Å². The summed E-state index contributed by atoms with van der Waals surface area (Å²) in [7, 11) is 0. The van der Waals surface area contributed by atoms with Crippen molar-refractivity contribution < 1.29 is 4.79 Å². The Labute approximate surface area is 125 Å². The van der Waals surface area contributed by atoms with Crippen LogP contribution in [-0.4, -0.2) is 18.5 Å². The average molecular weight is 282 g/mol. The number of nitrogens with one attached hydrogen (secondary N) is 1. The van der Waals surface area contributed by atoms with E-state index < -0.39 is 0 Å².